The number of benzene rings is 1. The van der Waals surface area contributed by atoms with Crippen molar-refractivity contribution >= 4 is 27.3 Å². The van der Waals surface area contributed by atoms with Gasteiger partial charge in [-0.2, -0.15) is 4.31 Å². The Bertz CT molecular complexity index is 967. The van der Waals surface area contributed by atoms with Crippen LogP contribution < -0.4 is 9.47 Å². The Morgan fingerprint density at radius 1 is 1.03 bits per heavy atom. The van der Waals surface area contributed by atoms with E-state index in [0.717, 1.165) is 19.3 Å². The van der Waals surface area contributed by atoms with E-state index in [1.54, 1.807) is 28.4 Å². The molecule has 162 valence electrons. The predicted octanol–water partition coefficient (Wildman–Crippen LogP) is 2.77. The molecule has 2 aliphatic rings. The molecule has 0 radical (unpaired) electrons. The lowest BCUT2D eigenvalue weighted by Crippen LogP contribution is -2.50. The zero-order chi connectivity index (χ0) is 21.0. The van der Waals surface area contributed by atoms with Crippen LogP contribution in [0.15, 0.2) is 40.6 Å². The van der Waals surface area contributed by atoms with Crippen LogP contribution in [0.25, 0.3) is 0 Å². The van der Waals surface area contributed by atoms with E-state index in [2.05, 4.69) is 6.07 Å². The third-order valence-corrected chi connectivity index (χ3v) is 8.17. The molecule has 7 nitrogen and oxygen atoms in total. The van der Waals surface area contributed by atoms with Gasteiger partial charge in [-0.1, -0.05) is 6.07 Å². The van der Waals surface area contributed by atoms with E-state index in [9.17, 15) is 13.2 Å². The summed E-state index contributed by atoms with van der Waals surface area (Å²) in [6, 6.07) is 8.85. The summed E-state index contributed by atoms with van der Waals surface area (Å²) in [5.74, 6) is 1.14. The molecular weight excluding hydrogens is 424 g/mol. The van der Waals surface area contributed by atoms with Crippen LogP contribution in [0, 0.1) is 0 Å². The summed E-state index contributed by atoms with van der Waals surface area (Å²) in [5.41, 5.74) is 0. The topological polar surface area (TPSA) is 76.2 Å². The van der Waals surface area contributed by atoms with E-state index < -0.39 is 10.0 Å². The molecule has 0 spiro atoms. The van der Waals surface area contributed by atoms with Crippen molar-refractivity contribution < 1.29 is 22.7 Å². The van der Waals surface area contributed by atoms with Crippen molar-refractivity contribution in [2.45, 2.75) is 30.6 Å². The second-order valence-corrected chi connectivity index (χ2v) is 10.3. The fraction of sp³-hybridized carbons (Fsp3) is 0.476. The number of carbonyl (C=O) groups is 1. The maximum atomic E-state index is 13.1. The number of amides is 1. The van der Waals surface area contributed by atoms with E-state index in [-0.39, 0.29) is 10.8 Å². The monoisotopic (exact) mass is 450 g/mol. The van der Waals surface area contributed by atoms with Crippen molar-refractivity contribution in [1.29, 1.82) is 0 Å². The van der Waals surface area contributed by atoms with E-state index >= 15 is 0 Å². The summed E-state index contributed by atoms with van der Waals surface area (Å²) >= 11 is 1.71. The van der Waals surface area contributed by atoms with Gasteiger partial charge in [0.25, 0.3) is 0 Å². The van der Waals surface area contributed by atoms with Gasteiger partial charge in [0.2, 0.25) is 15.9 Å². The number of hydrogen-bond acceptors (Lipinski definition) is 6. The average molecular weight is 451 g/mol. The normalized spacial score (nSPS) is 17.5. The minimum absolute atomic E-state index is 0.0965. The van der Waals surface area contributed by atoms with Crippen molar-refractivity contribution in [3.63, 3.8) is 0 Å². The minimum atomic E-state index is -3.64. The standard InChI is InChI=1S/C21H26N2O5S2/c24-21(6-1-4-17-5-2-15-29-17)22-9-11-23(12-10-22)30(25,26)18-7-8-19-20(16-18)28-14-3-13-27-19/h2,5,7-8,15-16H,1,3-4,6,9-14H2. The zero-order valence-corrected chi connectivity index (χ0v) is 18.4. The molecule has 0 unspecified atom stereocenters. The Kier molecular flexibility index (Phi) is 6.60. The first-order chi connectivity index (χ1) is 14.5. The van der Waals surface area contributed by atoms with E-state index in [4.69, 9.17) is 9.47 Å². The molecule has 2 aliphatic heterocycles. The second-order valence-electron chi connectivity index (χ2n) is 7.38. The van der Waals surface area contributed by atoms with Crippen LogP contribution >= 0.6 is 11.3 Å². The fourth-order valence-corrected chi connectivity index (χ4v) is 5.85. The number of thiophene rings is 1. The summed E-state index contributed by atoms with van der Waals surface area (Å²) in [7, 11) is -3.64. The average Bonchev–Trinajstić information content (AvgIpc) is 3.16. The Morgan fingerprint density at radius 3 is 2.53 bits per heavy atom. The highest BCUT2D eigenvalue weighted by molar-refractivity contribution is 7.89. The lowest BCUT2D eigenvalue weighted by atomic mass is 10.2. The summed E-state index contributed by atoms with van der Waals surface area (Å²) in [5, 5.41) is 2.04. The Hall–Kier alpha value is -2.10. The van der Waals surface area contributed by atoms with Gasteiger partial charge in [0.05, 0.1) is 18.1 Å². The van der Waals surface area contributed by atoms with Crippen LogP contribution in [0.2, 0.25) is 0 Å². The number of fused-ring (bicyclic) bond motifs is 1. The van der Waals surface area contributed by atoms with Crippen molar-refractivity contribution in [2.24, 2.45) is 0 Å². The van der Waals surface area contributed by atoms with E-state index in [1.165, 1.54) is 15.2 Å². The molecule has 1 aromatic carbocycles. The highest BCUT2D eigenvalue weighted by Gasteiger charge is 2.30. The van der Waals surface area contributed by atoms with Gasteiger partial charge in [-0.25, -0.2) is 8.42 Å². The molecule has 0 saturated carbocycles. The van der Waals surface area contributed by atoms with Gasteiger partial charge in [0, 0.05) is 50.0 Å². The summed E-state index contributed by atoms with van der Waals surface area (Å²) in [4.78, 5) is 15.7. The molecule has 0 atom stereocenters. The maximum Gasteiger partial charge on any atom is 0.243 e. The van der Waals surface area contributed by atoms with Crippen LogP contribution in [0.3, 0.4) is 0 Å². The Labute approximate surface area is 181 Å². The lowest BCUT2D eigenvalue weighted by Gasteiger charge is -2.34. The number of ether oxygens (including phenoxy) is 2. The number of sulfonamides is 1. The quantitative estimate of drug-likeness (QED) is 0.677. The largest absolute Gasteiger partial charge is 0.490 e. The molecule has 9 heteroatoms. The summed E-state index contributed by atoms with van der Waals surface area (Å²) < 4.78 is 38.8. The van der Waals surface area contributed by atoms with Crippen LogP contribution in [0.5, 0.6) is 11.5 Å². The van der Waals surface area contributed by atoms with Crippen molar-refractivity contribution in [3.8, 4) is 11.5 Å². The fourth-order valence-electron chi connectivity index (χ4n) is 3.66. The summed E-state index contributed by atoms with van der Waals surface area (Å²) in [6.45, 7) is 2.50. The van der Waals surface area contributed by atoms with Gasteiger partial charge in [-0.15, -0.1) is 11.3 Å². The van der Waals surface area contributed by atoms with Crippen LogP contribution in [-0.4, -0.2) is 62.9 Å². The Balaban J connectivity index is 1.32. The van der Waals surface area contributed by atoms with Gasteiger partial charge >= 0.3 is 0 Å². The third-order valence-electron chi connectivity index (χ3n) is 5.34. The molecule has 0 N–H and O–H groups in total. The molecule has 2 aromatic rings. The molecule has 4 rings (SSSR count). The highest BCUT2D eigenvalue weighted by Crippen LogP contribution is 2.33. The van der Waals surface area contributed by atoms with Crippen LogP contribution in [0.4, 0.5) is 0 Å². The van der Waals surface area contributed by atoms with Gasteiger partial charge in [-0.05, 0) is 36.4 Å². The number of aryl methyl sites for hydroxylation is 1. The molecule has 1 amide bonds. The maximum absolute atomic E-state index is 13.1. The van der Waals surface area contributed by atoms with E-state index in [1.807, 2.05) is 11.4 Å². The SMILES string of the molecule is O=C(CCCc1cccs1)N1CCN(S(=O)(=O)c2ccc3c(c2)OCCCO3)CC1. The highest BCUT2D eigenvalue weighted by atomic mass is 32.2. The number of hydrogen-bond donors (Lipinski definition) is 0. The summed E-state index contributed by atoms with van der Waals surface area (Å²) in [6.07, 6.45) is 2.98. The molecule has 1 saturated heterocycles. The van der Waals surface area contributed by atoms with Crippen molar-refractivity contribution in [1.82, 2.24) is 9.21 Å². The first-order valence-corrected chi connectivity index (χ1v) is 12.6. The number of carbonyl (C=O) groups excluding carboxylic acids is 1. The first-order valence-electron chi connectivity index (χ1n) is 10.2. The zero-order valence-electron chi connectivity index (χ0n) is 16.8. The lowest BCUT2D eigenvalue weighted by molar-refractivity contribution is -0.132. The first kappa shape index (κ1) is 21.1. The van der Waals surface area contributed by atoms with Gasteiger partial charge in [-0.3, -0.25) is 4.79 Å². The van der Waals surface area contributed by atoms with Crippen molar-refractivity contribution in [2.75, 3.05) is 39.4 Å². The molecule has 3 heterocycles. The Morgan fingerprint density at radius 2 is 1.80 bits per heavy atom. The molecule has 0 bridgehead atoms. The third kappa shape index (κ3) is 4.79. The number of nitrogens with zero attached hydrogens (tertiary/aromatic N) is 2. The minimum Gasteiger partial charge on any atom is -0.490 e. The molecular formula is C21H26N2O5S2. The molecule has 30 heavy (non-hydrogen) atoms. The number of rotatable bonds is 6. The van der Waals surface area contributed by atoms with Crippen LogP contribution in [-0.2, 0) is 21.2 Å². The van der Waals surface area contributed by atoms with Crippen LogP contribution in [0.1, 0.15) is 24.1 Å². The smallest absolute Gasteiger partial charge is 0.243 e. The second kappa shape index (κ2) is 9.36. The molecule has 0 aliphatic carbocycles. The molecule has 1 aromatic heterocycles. The molecule has 1 fully saturated rings. The van der Waals surface area contributed by atoms with Gasteiger partial charge < -0.3 is 14.4 Å². The van der Waals surface area contributed by atoms with Gasteiger partial charge in [0.15, 0.2) is 11.5 Å². The van der Waals surface area contributed by atoms with Gasteiger partial charge in [0.1, 0.15) is 0 Å². The van der Waals surface area contributed by atoms with E-state index in [0.29, 0.717) is 57.3 Å². The predicted molar refractivity (Wildman–Crippen MR) is 115 cm³/mol. The van der Waals surface area contributed by atoms with Crippen molar-refractivity contribution in [3.05, 3.63) is 40.6 Å². The number of piperazine rings is 1.